The Morgan fingerprint density at radius 1 is 1.32 bits per heavy atom. The summed E-state index contributed by atoms with van der Waals surface area (Å²) in [5.74, 6) is -3.03. The zero-order valence-corrected chi connectivity index (χ0v) is 12.7. The zero-order valence-electron chi connectivity index (χ0n) is 12.7. The van der Waals surface area contributed by atoms with Gasteiger partial charge in [-0.25, -0.2) is 0 Å². The predicted molar refractivity (Wildman–Crippen MR) is 81.4 cm³/mol. The molecule has 0 spiro atoms. The van der Waals surface area contributed by atoms with Gasteiger partial charge in [0.1, 0.15) is 12.0 Å². The van der Waals surface area contributed by atoms with Gasteiger partial charge in [-0.15, -0.1) is 0 Å². The number of carbonyl (C=O) groups is 3. The first-order valence-electron chi connectivity index (χ1n) is 7.29. The van der Waals surface area contributed by atoms with Crippen molar-refractivity contribution in [3.05, 3.63) is 30.3 Å². The smallest absolute Gasteiger partial charge is 0.315 e. The van der Waals surface area contributed by atoms with Crippen LogP contribution in [-0.4, -0.2) is 47.4 Å². The first-order chi connectivity index (χ1) is 10.4. The third kappa shape index (κ3) is 3.10. The molecule has 0 bridgehead atoms. The van der Waals surface area contributed by atoms with E-state index in [9.17, 15) is 14.4 Å². The maximum Gasteiger partial charge on any atom is 0.315 e. The molecule has 22 heavy (non-hydrogen) atoms. The summed E-state index contributed by atoms with van der Waals surface area (Å²) >= 11 is 0. The molecule has 2 rings (SSSR count). The van der Waals surface area contributed by atoms with Crippen LogP contribution in [0.1, 0.15) is 19.8 Å². The molecule has 1 fully saturated rings. The molecule has 2 atom stereocenters. The number of rotatable bonds is 4. The lowest BCUT2D eigenvalue weighted by Gasteiger charge is -2.37. The van der Waals surface area contributed by atoms with Gasteiger partial charge in [0.15, 0.2) is 0 Å². The molecule has 1 aliphatic heterocycles. The van der Waals surface area contributed by atoms with Gasteiger partial charge in [-0.1, -0.05) is 18.2 Å². The number of carboxylic acid groups (broad SMARTS) is 1. The lowest BCUT2D eigenvalue weighted by molar-refractivity contribution is -0.152. The van der Waals surface area contributed by atoms with Gasteiger partial charge >= 0.3 is 5.97 Å². The normalized spacial score (nSPS) is 19.6. The summed E-state index contributed by atoms with van der Waals surface area (Å²) in [6.07, 6.45) is 1.32. The Kier molecular flexibility index (Phi) is 4.80. The van der Waals surface area contributed by atoms with E-state index in [1.807, 2.05) is 30.3 Å². The van der Waals surface area contributed by atoms with E-state index in [4.69, 9.17) is 5.11 Å². The number of likely N-dealkylation sites (N-methyl/N-ethyl adjacent to an activating group) is 1. The summed E-state index contributed by atoms with van der Waals surface area (Å²) in [4.78, 5) is 38.7. The number of benzene rings is 1. The van der Waals surface area contributed by atoms with Gasteiger partial charge in [0, 0.05) is 19.3 Å². The van der Waals surface area contributed by atoms with E-state index in [2.05, 4.69) is 0 Å². The molecular weight excluding hydrogens is 284 g/mol. The Balaban J connectivity index is 2.16. The zero-order chi connectivity index (χ0) is 16.3. The van der Waals surface area contributed by atoms with Crippen LogP contribution in [0.5, 0.6) is 0 Å². The van der Waals surface area contributed by atoms with Crippen molar-refractivity contribution in [3.63, 3.8) is 0 Å². The van der Waals surface area contributed by atoms with Crippen molar-refractivity contribution in [1.82, 2.24) is 4.90 Å². The maximum atomic E-state index is 12.6. The van der Waals surface area contributed by atoms with Crippen LogP contribution in [-0.2, 0) is 14.4 Å². The van der Waals surface area contributed by atoms with Crippen molar-refractivity contribution in [1.29, 1.82) is 0 Å². The van der Waals surface area contributed by atoms with Crippen molar-refractivity contribution >= 4 is 23.5 Å². The molecular formula is C16H20N2O4. The van der Waals surface area contributed by atoms with Gasteiger partial charge in [-0.3, -0.25) is 14.4 Å². The summed E-state index contributed by atoms with van der Waals surface area (Å²) in [5, 5.41) is 8.95. The number of carboxylic acids is 1. The topological polar surface area (TPSA) is 77.9 Å². The standard InChI is InChI=1S/C16H20N2O4/c1-11(16(21)22)14(19)17(2)13-9-6-10-18(15(13)20)12-7-4-3-5-8-12/h3-5,7-8,11,13H,6,9-10H2,1-2H3,(H,21,22)/t11-,13-/m1/s1. The highest BCUT2D eigenvalue weighted by Gasteiger charge is 2.36. The molecule has 2 amide bonds. The number of para-hydroxylation sites is 1. The molecule has 1 N–H and O–H groups in total. The molecule has 118 valence electrons. The number of aliphatic carboxylic acids is 1. The molecule has 0 aliphatic carbocycles. The van der Waals surface area contributed by atoms with Crippen LogP contribution >= 0.6 is 0 Å². The SMILES string of the molecule is C[C@@H](C(=O)O)C(=O)N(C)[C@@H]1CCCN(c2ccccc2)C1=O. The van der Waals surface area contributed by atoms with Crippen molar-refractivity contribution in [2.24, 2.45) is 5.92 Å². The van der Waals surface area contributed by atoms with Crippen LogP contribution in [0.25, 0.3) is 0 Å². The fraction of sp³-hybridized carbons (Fsp3) is 0.438. The summed E-state index contributed by atoms with van der Waals surface area (Å²) in [6, 6.07) is 8.67. The molecule has 6 nitrogen and oxygen atoms in total. The predicted octanol–water partition coefficient (Wildman–Crippen LogP) is 1.36. The van der Waals surface area contributed by atoms with Gasteiger partial charge in [-0.2, -0.15) is 0 Å². The van der Waals surface area contributed by atoms with Crippen LogP contribution in [0.2, 0.25) is 0 Å². The van der Waals surface area contributed by atoms with Crippen molar-refractivity contribution in [2.45, 2.75) is 25.8 Å². The van der Waals surface area contributed by atoms with Crippen LogP contribution in [0.15, 0.2) is 30.3 Å². The van der Waals surface area contributed by atoms with E-state index in [-0.39, 0.29) is 5.91 Å². The molecule has 6 heteroatoms. The van der Waals surface area contributed by atoms with E-state index in [0.29, 0.717) is 13.0 Å². The van der Waals surface area contributed by atoms with Crippen molar-refractivity contribution in [3.8, 4) is 0 Å². The van der Waals surface area contributed by atoms with Gasteiger partial charge < -0.3 is 14.9 Å². The van der Waals surface area contributed by atoms with Gasteiger partial charge in [0.25, 0.3) is 0 Å². The average molecular weight is 304 g/mol. The third-order valence-electron chi connectivity index (χ3n) is 4.03. The first-order valence-corrected chi connectivity index (χ1v) is 7.29. The van der Waals surface area contributed by atoms with E-state index < -0.39 is 23.8 Å². The molecule has 1 saturated heterocycles. The fourth-order valence-corrected chi connectivity index (χ4v) is 2.64. The van der Waals surface area contributed by atoms with Crippen molar-refractivity contribution in [2.75, 3.05) is 18.5 Å². The van der Waals surface area contributed by atoms with Crippen LogP contribution in [0, 0.1) is 5.92 Å². The second kappa shape index (κ2) is 6.60. The summed E-state index contributed by atoms with van der Waals surface area (Å²) in [6.45, 7) is 1.94. The van der Waals surface area contributed by atoms with Crippen LogP contribution in [0.4, 0.5) is 5.69 Å². The van der Waals surface area contributed by atoms with Gasteiger partial charge in [0.05, 0.1) is 0 Å². The maximum absolute atomic E-state index is 12.6. The highest BCUT2D eigenvalue weighted by molar-refractivity contribution is 6.02. The lowest BCUT2D eigenvalue weighted by atomic mass is 10.0. The molecule has 0 aromatic heterocycles. The number of amides is 2. The summed E-state index contributed by atoms with van der Waals surface area (Å²) < 4.78 is 0. The Hall–Kier alpha value is -2.37. The third-order valence-corrected chi connectivity index (χ3v) is 4.03. The Bertz CT molecular complexity index is 573. The van der Waals surface area contributed by atoms with Crippen LogP contribution < -0.4 is 4.90 Å². The largest absolute Gasteiger partial charge is 0.481 e. The molecule has 1 heterocycles. The molecule has 0 radical (unpaired) electrons. The highest BCUT2D eigenvalue weighted by atomic mass is 16.4. The molecule has 1 aromatic carbocycles. The summed E-state index contributed by atoms with van der Waals surface area (Å²) in [5.41, 5.74) is 0.796. The van der Waals surface area contributed by atoms with Gasteiger partial charge in [0.2, 0.25) is 11.8 Å². The number of carbonyl (C=O) groups excluding carboxylic acids is 2. The molecule has 0 unspecified atom stereocenters. The average Bonchev–Trinajstić information content (AvgIpc) is 2.53. The number of nitrogens with zero attached hydrogens (tertiary/aromatic N) is 2. The Morgan fingerprint density at radius 2 is 1.95 bits per heavy atom. The minimum atomic E-state index is -1.18. The second-order valence-electron chi connectivity index (χ2n) is 5.49. The highest BCUT2D eigenvalue weighted by Crippen LogP contribution is 2.23. The monoisotopic (exact) mass is 304 g/mol. The second-order valence-corrected chi connectivity index (χ2v) is 5.49. The minimum Gasteiger partial charge on any atom is -0.481 e. The molecule has 0 saturated carbocycles. The van der Waals surface area contributed by atoms with E-state index in [1.54, 1.807) is 4.90 Å². The van der Waals surface area contributed by atoms with E-state index in [1.165, 1.54) is 18.9 Å². The van der Waals surface area contributed by atoms with Gasteiger partial charge in [-0.05, 0) is 31.9 Å². The number of piperidine rings is 1. The number of anilines is 1. The Labute approximate surface area is 129 Å². The Morgan fingerprint density at radius 3 is 2.55 bits per heavy atom. The van der Waals surface area contributed by atoms with E-state index >= 15 is 0 Å². The minimum absolute atomic E-state index is 0.161. The molecule has 1 aromatic rings. The fourth-order valence-electron chi connectivity index (χ4n) is 2.64. The van der Waals surface area contributed by atoms with Crippen molar-refractivity contribution < 1.29 is 19.5 Å². The van der Waals surface area contributed by atoms with E-state index in [0.717, 1.165) is 12.1 Å². The number of hydrogen-bond acceptors (Lipinski definition) is 3. The number of hydrogen-bond donors (Lipinski definition) is 1. The lowest BCUT2D eigenvalue weighted by Crippen LogP contribution is -2.54. The van der Waals surface area contributed by atoms with Crippen LogP contribution in [0.3, 0.4) is 0 Å². The summed E-state index contributed by atoms with van der Waals surface area (Å²) in [7, 11) is 1.50. The first kappa shape index (κ1) is 16.0. The molecule has 1 aliphatic rings. The quantitative estimate of drug-likeness (QED) is 0.852.